The van der Waals surface area contributed by atoms with E-state index in [1.807, 2.05) is 34.6 Å². The topological polar surface area (TPSA) is 34.1 Å². The second kappa shape index (κ2) is 4.46. The van der Waals surface area contributed by atoms with Gasteiger partial charge in [-0.15, -0.1) is 0 Å². The zero-order valence-corrected chi connectivity index (χ0v) is 11.1. The van der Waals surface area contributed by atoms with Crippen molar-refractivity contribution in [1.29, 1.82) is 0 Å². The van der Waals surface area contributed by atoms with Crippen molar-refractivity contribution in [2.45, 2.75) is 54.9 Å². The van der Waals surface area contributed by atoms with Gasteiger partial charge in [-0.25, -0.2) is 0 Å². The SMILES string of the molecule is CC(=O)C(C)(CC(C)C)C(=O)C(C)(C)C. The molecule has 0 aliphatic carbocycles. The van der Waals surface area contributed by atoms with E-state index in [-0.39, 0.29) is 11.6 Å². The Morgan fingerprint density at radius 2 is 1.47 bits per heavy atom. The average molecular weight is 212 g/mol. The van der Waals surface area contributed by atoms with Crippen molar-refractivity contribution in [3.63, 3.8) is 0 Å². The molecule has 0 saturated heterocycles. The van der Waals surface area contributed by atoms with Gasteiger partial charge in [-0.2, -0.15) is 0 Å². The molecule has 0 bridgehead atoms. The summed E-state index contributed by atoms with van der Waals surface area (Å²) in [6, 6.07) is 0. The molecule has 0 aromatic carbocycles. The maximum atomic E-state index is 12.2. The van der Waals surface area contributed by atoms with E-state index in [1.54, 1.807) is 6.92 Å². The molecule has 0 radical (unpaired) electrons. The first-order valence-corrected chi connectivity index (χ1v) is 5.57. The molecule has 15 heavy (non-hydrogen) atoms. The van der Waals surface area contributed by atoms with E-state index in [9.17, 15) is 9.59 Å². The molecule has 0 spiro atoms. The van der Waals surface area contributed by atoms with E-state index < -0.39 is 10.8 Å². The number of hydrogen-bond acceptors (Lipinski definition) is 2. The van der Waals surface area contributed by atoms with Crippen LogP contribution in [-0.2, 0) is 9.59 Å². The minimum absolute atomic E-state index is 0.0175. The van der Waals surface area contributed by atoms with Gasteiger partial charge in [0, 0.05) is 5.41 Å². The lowest BCUT2D eigenvalue weighted by atomic mass is 9.67. The minimum atomic E-state index is -0.813. The van der Waals surface area contributed by atoms with Crippen LogP contribution >= 0.6 is 0 Å². The van der Waals surface area contributed by atoms with Crippen molar-refractivity contribution in [2.24, 2.45) is 16.7 Å². The van der Waals surface area contributed by atoms with Crippen LogP contribution in [0.25, 0.3) is 0 Å². The van der Waals surface area contributed by atoms with Crippen LogP contribution in [-0.4, -0.2) is 11.6 Å². The lowest BCUT2D eigenvalue weighted by Crippen LogP contribution is -2.43. The fourth-order valence-corrected chi connectivity index (χ4v) is 2.04. The molecule has 0 aromatic rings. The van der Waals surface area contributed by atoms with Crippen LogP contribution in [0.1, 0.15) is 54.9 Å². The maximum absolute atomic E-state index is 12.2. The predicted octanol–water partition coefficient (Wildman–Crippen LogP) is 3.24. The maximum Gasteiger partial charge on any atom is 0.151 e. The number of carbonyl (C=O) groups excluding carboxylic acids is 2. The smallest absolute Gasteiger partial charge is 0.151 e. The van der Waals surface area contributed by atoms with Gasteiger partial charge < -0.3 is 0 Å². The Labute approximate surface area is 93.4 Å². The van der Waals surface area contributed by atoms with Crippen molar-refractivity contribution >= 4 is 11.6 Å². The predicted molar refractivity (Wildman–Crippen MR) is 62.7 cm³/mol. The Bertz CT molecular complexity index is 258. The summed E-state index contributed by atoms with van der Waals surface area (Å²) in [6.07, 6.45) is 0.637. The van der Waals surface area contributed by atoms with Crippen LogP contribution in [0.3, 0.4) is 0 Å². The highest BCUT2D eigenvalue weighted by Crippen LogP contribution is 2.35. The Balaban J connectivity index is 5.13. The van der Waals surface area contributed by atoms with Crippen LogP contribution in [0.2, 0.25) is 0 Å². The summed E-state index contributed by atoms with van der Waals surface area (Å²) in [5.41, 5.74) is -1.26. The molecule has 2 heteroatoms. The summed E-state index contributed by atoms with van der Waals surface area (Å²) in [5, 5.41) is 0. The number of hydrogen-bond donors (Lipinski definition) is 0. The lowest BCUT2D eigenvalue weighted by molar-refractivity contribution is -0.145. The molecule has 0 aliphatic heterocycles. The van der Waals surface area contributed by atoms with Crippen LogP contribution in [0.4, 0.5) is 0 Å². The van der Waals surface area contributed by atoms with Crippen LogP contribution in [0.5, 0.6) is 0 Å². The highest BCUT2D eigenvalue weighted by Gasteiger charge is 2.43. The van der Waals surface area contributed by atoms with Crippen molar-refractivity contribution < 1.29 is 9.59 Å². The summed E-state index contributed by atoms with van der Waals surface area (Å²) in [7, 11) is 0. The monoisotopic (exact) mass is 212 g/mol. The Morgan fingerprint density at radius 3 is 1.67 bits per heavy atom. The van der Waals surface area contributed by atoms with Crippen molar-refractivity contribution in [2.75, 3.05) is 0 Å². The van der Waals surface area contributed by atoms with E-state index in [0.717, 1.165) is 0 Å². The number of Topliss-reactive ketones (excluding diaryl/α,β-unsaturated/α-hetero) is 2. The van der Waals surface area contributed by atoms with E-state index in [0.29, 0.717) is 12.3 Å². The Kier molecular flexibility index (Phi) is 4.26. The first-order valence-electron chi connectivity index (χ1n) is 5.57. The molecule has 0 aliphatic rings. The minimum Gasteiger partial charge on any atom is -0.299 e. The van der Waals surface area contributed by atoms with E-state index in [2.05, 4.69) is 0 Å². The van der Waals surface area contributed by atoms with E-state index in [4.69, 9.17) is 0 Å². The van der Waals surface area contributed by atoms with Gasteiger partial charge in [0.2, 0.25) is 0 Å². The summed E-state index contributed by atoms with van der Waals surface area (Å²) in [4.78, 5) is 23.9. The zero-order chi connectivity index (χ0) is 12.4. The molecule has 88 valence electrons. The lowest BCUT2D eigenvalue weighted by Gasteiger charge is -2.33. The summed E-state index contributed by atoms with van der Waals surface area (Å²) in [5.74, 6) is 0.387. The second-order valence-electron chi connectivity index (χ2n) is 6.07. The molecule has 2 nitrogen and oxygen atoms in total. The van der Waals surface area contributed by atoms with Gasteiger partial charge in [0.05, 0.1) is 5.41 Å². The Morgan fingerprint density at radius 1 is 1.07 bits per heavy atom. The number of carbonyl (C=O) groups is 2. The van der Waals surface area contributed by atoms with Gasteiger partial charge >= 0.3 is 0 Å². The molecule has 1 unspecified atom stereocenters. The Hall–Kier alpha value is -0.660. The normalized spacial score (nSPS) is 16.3. The van der Waals surface area contributed by atoms with Crippen molar-refractivity contribution in [1.82, 2.24) is 0 Å². The molecular formula is C13H24O2. The van der Waals surface area contributed by atoms with E-state index >= 15 is 0 Å². The summed E-state index contributed by atoms with van der Waals surface area (Å²) >= 11 is 0. The molecule has 1 atom stereocenters. The van der Waals surface area contributed by atoms with Crippen molar-refractivity contribution in [3.05, 3.63) is 0 Å². The number of ketones is 2. The third-order valence-electron chi connectivity index (χ3n) is 2.78. The fourth-order valence-electron chi connectivity index (χ4n) is 2.04. The van der Waals surface area contributed by atoms with Gasteiger partial charge in [-0.3, -0.25) is 9.59 Å². The number of rotatable bonds is 4. The standard InChI is InChI=1S/C13H24O2/c1-9(2)8-13(7,10(3)14)11(15)12(4,5)6/h9H,8H2,1-7H3. The molecule has 0 fully saturated rings. The molecule has 0 heterocycles. The molecule has 0 rings (SSSR count). The van der Waals surface area contributed by atoms with Gasteiger partial charge in [0.25, 0.3) is 0 Å². The molecule has 0 amide bonds. The highest BCUT2D eigenvalue weighted by molar-refractivity contribution is 6.07. The summed E-state index contributed by atoms with van der Waals surface area (Å²) < 4.78 is 0. The van der Waals surface area contributed by atoms with Gasteiger partial charge in [0.15, 0.2) is 5.78 Å². The molecular weight excluding hydrogens is 188 g/mol. The zero-order valence-electron chi connectivity index (χ0n) is 11.1. The molecule has 0 N–H and O–H groups in total. The third-order valence-corrected chi connectivity index (χ3v) is 2.78. The van der Waals surface area contributed by atoms with Crippen molar-refractivity contribution in [3.8, 4) is 0 Å². The highest BCUT2D eigenvalue weighted by atomic mass is 16.2. The molecule has 0 aromatic heterocycles. The van der Waals surface area contributed by atoms with Gasteiger partial charge in [0.1, 0.15) is 5.78 Å². The fraction of sp³-hybridized carbons (Fsp3) is 0.846. The van der Waals surface area contributed by atoms with Gasteiger partial charge in [-0.05, 0) is 26.2 Å². The van der Waals surface area contributed by atoms with Crippen LogP contribution in [0.15, 0.2) is 0 Å². The van der Waals surface area contributed by atoms with Crippen LogP contribution in [0, 0.1) is 16.7 Å². The molecule has 0 saturated carbocycles. The van der Waals surface area contributed by atoms with Gasteiger partial charge in [-0.1, -0.05) is 34.6 Å². The largest absolute Gasteiger partial charge is 0.299 e. The first-order chi connectivity index (χ1) is 6.51. The second-order valence-corrected chi connectivity index (χ2v) is 6.07. The van der Waals surface area contributed by atoms with E-state index in [1.165, 1.54) is 6.92 Å². The average Bonchev–Trinajstić information content (AvgIpc) is 1.99. The summed E-state index contributed by atoms with van der Waals surface area (Å²) in [6.45, 7) is 13.0. The van der Waals surface area contributed by atoms with Crippen LogP contribution < -0.4 is 0 Å². The first kappa shape index (κ1) is 14.3. The quantitative estimate of drug-likeness (QED) is 0.670. The third kappa shape index (κ3) is 3.44.